The molecule has 1 aromatic rings. The molecule has 0 spiro atoms. The standard InChI is InChI=1S/C25H26N2O8S2/c1-4-26-18-11-9-16-21(20-14(3)7-6-8-15(20)13-28)17-10-12-19(27-5-2)25(37(32,33)34)23(17)35-22(16)24(18)36(29,30)31/h6-14,20,26H,4-5H2,1-3H3,(H,29,30,31)(H,32,33,34)/b27-19+. The third kappa shape index (κ3) is 4.73. The van der Waals surface area contributed by atoms with Crippen LogP contribution in [-0.4, -0.2) is 45.3 Å². The SMILES string of the molecule is CC/N=c1\ccc2c(C3C(C=O)=CC=CC3C)c3ccc(NCC)c(S(=O)(=O)O)c3oc-2c1S(=O)(=O)O. The Morgan fingerprint density at radius 3 is 2.35 bits per heavy atom. The molecule has 12 heteroatoms. The van der Waals surface area contributed by atoms with Crippen molar-refractivity contribution in [3.63, 3.8) is 0 Å². The highest BCUT2D eigenvalue weighted by atomic mass is 32.2. The molecule has 4 rings (SSSR count). The quantitative estimate of drug-likeness (QED) is 0.227. The first-order valence-corrected chi connectivity index (χ1v) is 14.4. The maximum atomic E-state index is 12.6. The van der Waals surface area contributed by atoms with Crippen LogP contribution in [0.3, 0.4) is 0 Å². The molecule has 2 atom stereocenters. The monoisotopic (exact) mass is 546 g/mol. The number of aldehydes is 1. The molecule has 0 radical (unpaired) electrons. The Bertz CT molecular complexity index is 1720. The van der Waals surface area contributed by atoms with E-state index in [1.54, 1.807) is 38.1 Å². The smallest absolute Gasteiger partial charge is 0.300 e. The van der Waals surface area contributed by atoms with Crippen molar-refractivity contribution < 1.29 is 35.2 Å². The van der Waals surface area contributed by atoms with Gasteiger partial charge in [-0.05, 0) is 55.2 Å². The van der Waals surface area contributed by atoms with Gasteiger partial charge in [-0.25, -0.2) is 0 Å². The van der Waals surface area contributed by atoms with Crippen LogP contribution in [0, 0.1) is 5.92 Å². The van der Waals surface area contributed by atoms with Crippen LogP contribution in [0.5, 0.6) is 0 Å². The van der Waals surface area contributed by atoms with Crippen molar-refractivity contribution in [1.82, 2.24) is 0 Å². The predicted molar refractivity (Wildman–Crippen MR) is 138 cm³/mol. The highest BCUT2D eigenvalue weighted by molar-refractivity contribution is 7.86. The Hall–Kier alpha value is -3.32. The fourth-order valence-corrected chi connectivity index (χ4v) is 6.44. The summed E-state index contributed by atoms with van der Waals surface area (Å²) in [7, 11) is -9.80. The van der Waals surface area contributed by atoms with Crippen molar-refractivity contribution in [2.45, 2.75) is 36.5 Å². The number of nitrogens with zero attached hydrogens (tertiary/aromatic N) is 1. The van der Waals surface area contributed by atoms with Crippen molar-refractivity contribution in [1.29, 1.82) is 0 Å². The van der Waals surface area contributed by atoms with E-state index in [2.05, 4.69) is 10.3 Å². The van der Waals surface area contributed by atoms with E-state index in [0.29, 0.717) is 24.0 Å². The second-order valence-electron chi connectivity index (χ2n) is 8.59. The Morgan fingerprint density at radius 2 is 1.76 bits per heavy atom. The van der Waals surface area contributed by atoms with Crippen molar-refractivity contribution in [3.8, 4) is 11.3 Å². The molecular formula is C25H26N2O8S2. The Labute approximate surface area is 214 Å². The summed E-state index contributed by atoms with van der Waals surface area (Å²) in [6.07, 6.45) is 5.91. The number of fused-ring (bicyclic) bond motifs is 2. The van der Waals surface area contributed by atoms with Crippen LogP contribution in [0.25, 0.3) is 22.3 Å². The second-order valence-corrected chi connectivity index (χ2v) is 11.3. The number of allylic oxidation sites excluding steroid dienone is 4. The lowest BCUT2D eigenvalue weighted by molar-refractivity contribution is -0.105. The Kier molecular flexibility index (Phi) is 7.12. The number of nitrogens with one attached hydrogen (secondary N) is 1. The minimum atomic E-state index is -4.91. The fraction of sp³-hybridized carbons (Fsp3) is 0.280. The molecule has 0 bridgehead atoms. The van der Waals surface area contributed by atoms with Crippen molar-refractivity contribution >= 4 is 43.2 Å². The molecule has 2 aliphatic carbocycles. The first-order valence-electron chi connectivity index (χ1n) is 11.5. The van der Waals surface area contributed by atoms with Crippen LogP contribution in [-0.2, 0) is 25.0 Å². The zero-order valence-corrected chi connectivity index (χ0v) is 21.9. The van der Waals surface area contributed by atoms with Crippen LogP contribution in [0.4, 0.5) is 5.69 Å². The van der Waals surface area contributed by atoms with E-state index in [1.807, 2.05) is 13.0 Å². The first-order chi connectivity index (χ1) is 17.4. The van der Waals surface area contributed by atoms with E-state index in [1.165, 1.54) is 12.1 Å². The van der Waals surface area contributed by atoms with Crippen molar-refractivity contribution in [3.05, 3.63) is 59.0 Å². The molecule has 1 heterocycles. The van der Waals surface area contributed by atoms with Gasteiger partial charge >= 0.3 is 0 Å². The highest BCUT2D eigenvalue weighted by Crippen LogP contribution is 2.47. The molecule has 0 amide bonds. The summed E-state index contributed by atoms with van der Waals surface area (Å²) in [5.41, 5.74) is 0.745. The molecule has 1 aromatic carbocycles. The molecule has 0 fully saturated rings. The summed E-state index contributed by atoms with van der Waals surface area (Å²) in [6.45, 7) is 5.77. The zero-order chi connectivity index (χ0) is 27.1. The van der Waals surface area contributed by atoms with Crippen LogP contribution < -0.4 is 10.7 Å². The molecular weight excluding hydrogens is 520 g/mol. The Balaban J connectivity index is 2.35. The summed E-state index contributed by atoms with van der Waals surface area (Å²) in [6, 6.07) is 6.04. The van der Waals surface area contributed by atoms with Gasteiger partial charge in [-0.1, -0.05) is 25.2 Å². The second kappa shape index (κ2) is 9.86. The van der Waals surface area contributed by atoms with Gasteiger partial charge in [0.05, 0.1) is 11.0 Å². The molecule has 0 aromatic heterocycles. The van der Waals surface area contributed by atoms with Gasteiger partial charge in [-0.3, -0.25) is 18.9 Å². The van der Waals surface area contributed by atoms with Crippen molar-refractivity contribution in [2.24, 2.45) is 10.9 Å². The molecule has 3 N–H and O–H groups in total. The maximum absolute atomic E-state index is 12.6. The minimum Gasteiger partial charge on any atom is -0.453 e. The highest BCUT2D eigenvalue weighted by Gasteiger charge is 2.35. The molecule has 2 unspecified atom stereocenters. The van der Waals surface area contributed by atoms with E-state index in [4.69, 9.17) is 4.42 Å². The van der Waals surface area contributed by atoms with Gasteiger partial charge in [0.1, 0.15) is 6.29 Å². The molecule has 0 saturated carbocycles. The van der Waals surface area contributed by atoms with E-state index in [-0.39, 0.29) is 45.8 Å². The minimum absolute atomic E-state index is 0.0390. The number of hydrogen-bond acceptors (Lipinski definition) is 8. The average Bonchev–Trinajstić information content (AvgIpc) is 2.81. The molecule has 10 nitrogen and oxygen atoms in total. The van der Waals surface area contributed by atoms with Gasteiger partial charge in [0.25, 0.3) is 20.2 Å². The first kappa shape index (κ1) is 26.7. The third-order valence-electron chi connectivity index (χ3n) is 6.23. The van der Waals surface area contributed by atoms with E-state index in [0.717, 1.165) is 0 Å². The number of anilines is 1. The molecule has 37 heavy (non-hydrogen) atoms. The lowest BCUT2D eigenvalue weighted by Gasteiger charge is -2.29. The third-order valence-corrected chi connectivity index (χ3v) is 8.07. The largest absolute Gasteiger partial charge is 0.453 e. The normalized spacial score (nSPS) is 18.8. The van der Waals surface area contributed by atoms with Crippen molar-refractivity contribution in [2.75, 3.05) is 18.4 Å². The van der Waals surface area contributed by atoms with Crippen LogP contribution in [0.15, 0.2) is 67.3 Å². The predicted octanol–water partition coefficient (Wildman–Crippen LogP) is 3.80. The topological polar surface area (TPSA) is 163 Å². The van der Waals surface area contributed by atoms with Gasteiger partial charge in [0, 0.05) is 30.0 Å². The van der Waals surface area contributed by atoms with Gasteiger partial charge in [0.15, 0.2) is 21.1 Å². The van der Waals surface area contributed by atoms with E-state index >= 15 is 0 Å². The van der Waals surface area contributed by atoms with Gasteiger partial charge in [-0.15, -0.1) is 0 Å². The number of hydrogen-bond donors (Lipinski definition) is 3. The molecule has 3 aliphatic rings. The molecule has 1 aliphatic heterocycles. The molecule has 0 saturated heterocycles. The number of carbonyl (C=O) groups is 1. The van der Waals surface area contributed by atoms with Crippen LogP contribution in [0.1, 0.15) is 32.3 Å². The van der Waals surface area contributed by atoms with Gasteiger partial charge in [-0.2, -0.15) is 16.8 Å². The fourth-order valence-electron chi connectivity index (χ4n) is 4.86. The average molecular weight is 547 g/mol. The van der Waals surface area contributed by atoms with E-state index < -0.39 is 35.9 Å². The maximum Gasteiger partial charge on any atom is 0.300 e. The van der Waals surface area contributed by atoms with Gasteiger partial charge in [0.2, 0.25) is 0 Å². The molecule has 196 valence electrons. The lowest BCUT2D eigenvalue weighted by Crippen LogP contribution is -2.21. The number of benzene rings is 2. The zero-order valence-electron chi connectivity index (χ0n) is 20.3. The summed E-state index contributed by atoms with van der Waals surface area (Å²) in [4.78, 5) is 15.0. The summed E-state index contributed by atoms with van der Waals surface area (Å²) in [5.74, 6) is -1.22. The summed E-state index contributed by atoms with van der Waals surface area (Å²) in [5, 5.41) is 3.04. The van der Waals surface area contributed by atoms with Crippen LogP contribution >= 0.6 is 0 Å². The van der Waals surface area contributed by atoms with E-state index in [9.17, 15) is 30.7 Å². The number of carbonyl (C=O) groups excluding carboxylic acids is 1. The Morgan fingerprint density at radius 1 is 1.05 bits per heavy atom. The number of rotatable bonds is 7. The van der Waals surface area contributed by atoms with Gasteiger partial charge < -0.3 is 9.73 Å². The summed E-state index contributed by atoms with van der Waals surface area (Å²) < 4.78 is 76.7. The lowest BCUT2D eigenvalue weighted by atomic mass is 9.75. The van der Waals surface area contributed by atoms with Crippen LogP contribution in [0.2, 0.25) is 0 Å². The summed E-state index contributed by atoms with van der Waals surface area (Å²) >= 11 is 0.